The van der Waals surface area contributed by atoms with E-state index in [4.69, 9.17) is 21.1 Å². The number of likely N-dealkylation sites (tertiary alicyclic amines) is 1. The maximum atomic E-state index is 12.0. The van der Waals surface area contributed by atoms with Crippen molar-refractivity contribution in [3.05, 3.63) is 34.9 Å². The lowest BCUT2D eigenvalue weighted by Gasteiger charge is -2.34. The first-order valence-corrected chi connectivity index (χ1v) is 9.37. The Morgan fingerprint density at radius 1 is 1.50 bits per heavy atom. The number of carbonyl (C=O) groups excluding carboxylic acids is 1. The minimum Gasteiger partial charge on any atom is -0.466 e. The summed E-state index contributed by atoms with van der Waals surface area (Å²) in [5.74, 6) is 0.540. The van der Waals surface area contributed by atoms with Gasteiger partial charge in [-0.2, -0.15) is 0 Å². The minimum atomic E-state index is -0.143. The molecule has 0 saturated carbocycles. The van der Waals surface area contributed by atoms with Crippen LogP contribution in [0.1, 0.15) is 31.4 Å². The molecule has 2 atom stereocenters. The van der Waals surface area contributed by atoms with Crippen molar-refractivity contribution in [2.45, 2.75) is 25.9 Å². The Hall–Kier alpha value is -1.79. The molecule has 0 spiro atoms. The van der Waals surface area contributed by atoms with E-state index in [1.54, 1.807) is 14.2 Å². The molecule has 2 rings (SSSR count). The average Bonchev–Trinajstić information content (AvgIpc) is 2.66. The normalized spacial score (nSPS) is 19.2. The van der Waals surface area contributed by atoms with Crippen LogP contribution in [0.25, 0.3) is 0 Å². The lowest BCUT2D eigenvalue weighted by atomic mass is 9.98. The van der Waals surface area contributed by atoms with Gasteiger partial charge in [-0.1, -0.05) is 23.7 Å². The van der Waals surface area contributed by atoms with Gasteiger partial charge in [0.25, 0.3) is 0 Å². The number of piperidine rings is 1. The summed E-state index contributed by atoms with van der Waals surface area (Å²) in [6, 6.07) is 7.64. The van der Waals surface area contributed by atoms with Crippen LogP contribution in [-0.2, 0) is 14.3 Å². The molecule has 0 bridgehead atoms. The third kappa shape index (κ3) is 5.61. The third-order valence-electron chi connectivity index (χ3n) is 4.50. The molecule has 26 heavy (non-hydrogen) atoms. The quantitative estimate of drug-likeness (QED) is 0.466. The number of aliphatic imine (C=N–C) groups is 1. The second-order valence-corrected chi connectivity index (χ2v) is 6.68. The summed E-state index contributed by atoms with van der Waals surface area (Å²) in [7, 11) is 3.42. The van der Waals surface area contributed by atoms with Crippen LogP contribution in [0, 0.1) is 5.92 Å². The molecule has 0 aliphatic carbocycles. The zero-order chi connectivity index (χ0) is 18.9. The largest absolute Gasteiger partial charge is 0.466 e. The highest BCUT2D eigenvalue weighted by atomic mass is 35.5. The number of guanidine groups is 1. The van der Waals surface area contributed by atoms with E-state index in [0.717, 1.165) is 30.9 Å². The number of hydrogen-bond donors (Lipinski definition) is 1. The second kappa shape index (κ2) is 10.4. The fourth-order valence-corrected chi connectivity index (χ4v) is 3.38. The number of benzene rings is 1. The zero-order valence-electron chi connectivity index (χ0n) is 15.7. The van der Waals surface area contributed by atoms with E-state index in [9.17, 15) is 4.79 Å². The van der Waals surface area contributed by atoms with Gasteiger partial charge in [0.2, 0.25) is 0 Å². The lowest BCUT2D eigenvalue weighted by Crippen LogP contribution is -2.49. The maximum Gasteiger partial charge on any atom is 0.310 e. The number of ether oxygens (including phenoxy) is 2. The maximum absolute atomic E-state index is 12.0. The molecule has 1 aliphatic heterocycles. The number of esters is 1. The molecule has 1 fully saturated rings. The molecule has 1 aliphatic rings. The summed E-state index contributed by atoms with van der Waals surface area (Å²) in [6.45, 7) is 4.29. The van der Waals surface area contributed by atoms with Gasteiger partial charge in [-0.05, 0) is 37.5 Å². The first-order valence-electron chi connectivity index (χ1n) is 8.99. The molecule has 1 aromatic carbocycles. The highest BCUT2D eigenvalue weighted by molar-refractivity contribution is 6.30. The average molecular weight is 382 g/mol. The van der Waals surface area contributed by atoms with Crippen molar-refractivity contribution in [2.75, 3.05) is 40.4 Å². The first kappa shape index (κ1) is 20.5. The molecule has 7 heteroatoms. The number of nitrogens with zero attached hydrogens (tertiary/aromatic N) is 2. The standard InChI is InChI=1S/C19H28ClN3O3/c1-4-26-18(24)15-8-6-10-23(13-15)19(21-2)22-12-17(25-3)14-7-5-9-16(20)11-14/h5,7,9,11,15,17H,4,6,8,10,12-13H2,1-3H3,(H,21,22). The van der Waals surface area contributed by atoms with Gasteiger partial charge in [0, 0.05) is 38.8 Å². The number of hydrogen-bond acceptors (Lipinski definition) is 4. The van der Waals surface area contributed by atoms with Crippen molar-refractivity contribution in [3.8, 4) is 0 Å². The molecule has 2 unspecified atom stereocenters. The van der Waals surface area contributed by atoms with Gasteiger partial charge in [0.05, 0.1) is 18.6 Å². The van der Waals surface area contributed by atoms with Gasteiger partial charge in [0.1, 0.15) is 0 Å². The van der Waals surface area contributed by atoms with Crippen LogP contribution >= 0.6 is 11.6 Å². The number of halogens is 1. The smallest absolute Gasteiger partial charge is 0.310 e. The highest BCUT2D eigenvalue weighted by Gasteiger charge is 2.28. The van der Waals surface area contributed by atoms with E-state index in [2.05, 4.69) is 15.2 Å². The third-order valence-corrected chi connectivity index (χ3v) is 4.74. The molecular formula is C19H28ClN3O3. The number of carbonyl (C=O) groups is 1. The molecule has 1 heterocycles. The molecule has 0 amide bonds. The molecular weight excluding hydrogens is 354 g/mol. The fraction of sp³-hybridized carbons (Fsp3) is 0.579. The van der Waals surface area contributed by atoms with Crippen LogP contribution in [-0.4, -0.2) is 57.2 Å². The summed E-state index contributed by atoms with van der Waals surface area (Å²) < 4.78 is 10.8. The number of nitrogens with one attached hydrogen (secondary N) is 1. The van der Waals surface area contributed by atoms with Crippen LogP contribution in [0.5, 0.6) is 0 Å². The van der Waals surface area contributed by atoms with Crippen LogP contribution in [0.15, 0.2) is 29.3 Å². The number of methoxy groups -OCH3 is 1. The van der Waals surface area contributed by atoms with Crippen molar-refractivity contribution in [1.82, 2.24) is 10.2 Å². The predicted molar refractivity (Wildman–Crippen MR) is 103 cm³/mol. The summed E-state index contributed by atoms with van der Waals surface area (Å²) in [4.78, 5) is 18.5. The summed E-state index contributed by atoms with van der Waals surface area (Å²) in [6.07, 6.45) is 1.65. The van der Waals surface area contributed by atoms with Crippen LogP contribution < -0.4 is 5.32 Å². The molecule has 1 aromatic rings. The number of rotatable bonds is 6. The Morgan fingerprint density at radius 3 is 2.96 bits per heavy atom. The minimum absolute atomic E-state index is 0.103. The van der Waals surface area contributed by atoms with Crippen LogP contribution in [0.3, 0.4) is 0 Å². The molecule has 6 nitrogen and oxygen atoms in total. The summed E-state index contributed by atoms with van der Waals surface area (Å²) >= 11 is 6.08. The van der Waals surface area contributed by atoms with E-state index >= 15 is 0 Å². The van der Waals surface area contributed by atoms with Crippen molar-refractivity contribution < 1.29 is 14.3 Å². The van der Waals surface area contributed by atoms with Crippen molar-refractivity contribution in [3.63, 3.8) is 0 Å². The van der Waals surface area contributed by atoms with Gasteiger partial charge in [-0.15, -0.1) is 0 Å². The summed E-state index contributed by atoms with van der Waals surface area (Å²) in [5, 5.41) is 4.04. The Kier molecular flexibility index (Phi) is 8.19. The Morgan fingerprint density at radius 2 is 2.31 bits per heavy atom. The van der Waals surface area contributed by atoms with Gasteiger partial charge in [0.15, 0.2) is 5.96 Å². The van der Waals surface area contributed by atoms with Gasteiger partial charge in [-0.3, -0.25) is 9.79 Å². The monoisotopic (exact) mass is 381 g/mol. The zero-order valence-corrected chi connectivity index (χ0v) is 16.5. The summed E-state index contributed by atoms with van der Waals surface area (Å²) in [5.41, 5.74) is 1.01. The second-order valence-electron chi connectivity index (χ2n) is 6.24. The lowest BCUT2D eigenvalue weighted by molar-refractivity contribution is -0.149. The molecule has 0 radical (unpaired) electrons. The van der Waals surface area contributed by atoms with Crippen molar-refractivity contribution >= 4 is 23.5 Å². The molecule has 0 aromatic heterocycles. The van der Waals surface area contributed by atoms with Gasteiger partial charge < -0.3 is 19.7 Å². The highest BCUT2D eigenvalue weighted by Crippen LogP contribution is 2.21. The van der Waals surface area contributed by atoms with E-state index in [1.165, 1.54) is 0 Å². The Balaban J connectivity index is 1.96. The Labute approximate surface area is 160 Å². The van der Waals surface area contributed by atoms with Gasteiger partial charge in [-0.25, -0.2) is 0 Å². The van der Waals surface area contributed by atoms with E-state index in [-0.39, 0.29) is 18.0 Å². The van der Waals surface area contributed by atoms with Gasteiger partial charge >= 0.3 is 5.97 Å². The van der Waals surface area contributed by atoms with Crippen LogP contribution in [0.2, 0.25) is 5.02 Å². The fourth-order valence-electron chi connectivity index (χ4n) is 3.18. The predicted octanol–water partition coefficient (Wildman–Crippen LogP) is 2.88. The van der Waals surface area contributed by atoms with E-state index in [1.807, 2.05) is 31.2 Å². The van der Waals surface area contributed by atoms with E-state index < -0.39 is 0 Å². The Bertz CT molecular complexity index is 624. The molecule has 1 N–H and O–H groups in total. The SMILES string of the molecule is CCOC(=O)C1CCCN(C(=NC)NCC(OC)c2cccc(Cl)c2)C1. The topological polar surface area (TPSA) is 63.2 Å². The van der Waals surface area contributed by atoms with Crippen molar-refractivity contribution in [2.24, 2.45) is 10.9 Å². The van der Waals surface area contributed by atoms with Crippen LogP contribution in [0.4, 0.5) is 0 Å². The molecule has 144 valence electrons. The van der Waals surface area contributed by atoms with E-state index in [0.29, 0.717) is 24.7 Å². The van der Waals surface area contributed by atoms with Crippen molar-refractivity contribution in [1.29, 1.82) is 0 Å². The molecule has 1 saturated heterocycles. The first-order chi connectivity index (χ1) is 12.6.